The van der Waals surface area contributed by atoms with E-state index in [4.69, 9.17) is 0 Å². The van der Waals surface area contributed by atoms with Gasteiger partial charge in [-0.3, -0.25) is 9.78 Å². The lowest BCUT2D eigenvalue weighted by Crippen LogP contribution is -2.43. The molecule has 0 aliphatic rings. The van der Waals surface area contributed by atoms with Gasteiger partial charge >= 0.3 is 0 Å². The number of carbonyl (C=O) groups excluding carboxylic acids is 1. The van der Waals surface area contributed by atoms with E-state index in [0.717, 1.165) is 27.6 Å². The summed E-state index contributed by atoms with van der Waals surface area (Å²) in [6.07, 6.45) is 7.94. The van der Waals surface area contributed by atoms with E-state index in [1.165, 1.54) is 12.4 Å². The number of nitrogens with zero attached hydrogens (tertiary/aromatic N) is 4. The highest BCUT2D eigenvalue weighted by molar-refractivity contribution is 6.01. The van der Waals surface area contributed by atoms with Crippen molar-refractivity contribution >= 4 is 22.5 Å². The first-order valence-electron chi connectivity index (χ1n) is 10.3. The Morgan fingerprint density at radius 1 is 1.06 bits per heavy atom. The Kier molecular flexibility index (Phi) is 5.12. The number of nitrogens with one attached hydrogen (secondary N) is 2. The quantitative estimate of drug-likeness (QED) is 0.388. The van der Waals surface area contributed by atoms with Crippen LogP contribution in [-0.4, -0.2) is 36.2 Å². The number of amides is 1. The van der Waals surface area contributed by atoms with Crippen molar-refractivity contribution in [2.24, 2.45) is 0 Å². The number of benzene rings is 2. The van der Waals surface area contributed by atoms with Crippen molar-refractivity contribution in [1.29, 1.82) is 0 Å². The number of hydrogen-bond acceptors (Lipinski definition) is 6. The van der Waals surface area contributed by atoms with Crippen LogP contribution in [0.4, 0.5) is 5.69 Å². The molecule has 33 heavy (non-hydrogen) atoms. The van der Waals surface area contributed by atoms with E-state index in [9.17, 15) is 9.90 Å². The minimum Gasteiger partial charge on any atom is -0.369 e. The average molecular weight is 436 g/mol. The molecule has 3 heterocycles. The summed E-state index contributed by atoms with van der Waals surface area (Å²) in [5, 5.41) is 23.6. The molecule has 1 amide bonds. The molecule has 0 fully saturated rings. The third-order valence-corrected chi connectivity index (χ3v) is 5.56. The zero-order chi connectivity index (χ0) is 22.8. The van der Waals surface area contributed by atoms with Gasteiger partial charge in [0.1, 0.15) is 0 Å². The van der Waals surface area contributed by atoms with Gasteiger partial charge in [-0.2, -0.15) is 10.2 Å². The number of anilines is 1. The van der Waals surface area contributed by atoms with Gasteiger partial charge in [0.25, 0.3) is 5.91 Å². The Labute approximate surface area is 189 Å². The van der Waals surface area contributed by atoms with Gasteiger partial charge in [0.2, 0.25) is 5.60 Å². The van der Waals surface area contributed by atoms with Gasteiger partial charge in [0.05, 0.1) is 23.6 Å². The molecule has 162 valence electrons. The van der Waals surface area contributed by atoms with Crippen LogP contribution in [0.2, 0.25) is 0 Å². The Bertz CT molecular complexity index is 1450. The van der Waals surface area contributed by atoms with Crippen LogP contribution in [0.3, 0.4) is 0 Å². The van der Waals surface area contributed by atoms with Crippen molar-refractivity contribution in [1.82, 2.24) is 25.1 Å². The normalized spacial score (nSPS) is 12.9. The number of aryl methyl sites for hydroxylation is 1. The van der Waals surface area contributed by atoms with E-state index < -0.39 is 11.5 Å². The maximum Gasteiger partial charge on any atom is 0.269 e. The molecule has 0 spiro atoms. The minimum atomic E-state index is -2.02. The smallest absolute Gasteiger partial charge is 0.269 e. The molecule has 5 rings (SSSR count). The standard InChI is InChI=1S/C25H20N6O2/c1-16-6-2-4-8-21(16)25(33,23-27-10-11-28-23)24(32)30-18-12-17(13-26-14-18)20-15-29-31-22-9-5-3-7-19(20)22/h2-15,33H,1H3,(H,27,28)(H,30,32). The maximum atomic E-state index is 13.5. The van der Waals surface area contributed by atoms with E-state index in [1.807, 2.05) is 43.3 Å². The molecule has 0 saturated carbocycles. The summed E-state index contributed by atoms with van der Waals surface area (Å²) >= 11 is 0. The van der Waals surface area contributed by atoms with Crippen LogP contribution in [0.5, 0.6) is 0 Å². The number of carbonyl (C=O) groups is 1. The summed E-state index contributed by atoms with van der Waals surface area (Å²) in [5.41, 5.74) is 1.96. The number of fused-ring (bicyclic) bond motifs is 1. The summed E-state index contributed by atoms with van der Waals surface area (Å²) in [6.45, 7) is 1.83. The molecule has 0 bridgehead atoms. The maximum absolute atomic E-state index is 13.5. The fourth-order valence-corrected chi connectivity index (χ4v) is 3.91. The van der Waals surface area contributed by atoms with E-state index in [-0.39, 0.29) is 5.82 Å². The number of aliphatic hydroxyl groups is 1. The topological polar surface area (TPSA) is 117 Å². The molecule has 5 aromatic rings. The van der Waals surface area contributed by atoms with Crippen molar-refractivity contribution in [3.63, 3.8) is 0 Å². The molecule has 0 aliphatic heterocycles. The number of hydrogen-bond donors (Lipinski definition) is 3. The van der Waals surface area contributed by atoms with Gasteiger partial charge in [-0.25, -0.2) is 4.98 Å². The first-order valence-corrected chi connectivity index (χ1v) is 10.3. The van der Waals surface area contributed by atoms with Gasteiger partial charge in [-0.05, 0) is 24.6 Å². The number of pyridine rings is 1. The molecule has 2 aromatic carbocycles. The largest absolute Gasteiger partial charge is 0.369 e. The molecule has 3 N–H and O–H groups in total. The van der Waals surface area contributed by atoms with Gasteiger partial charge in [-0.15, -0.1) is 0 Å². The second kappa shape index (κ2) is 8.25. The zero-order valence-corrected chi connectivity index (χ0v) is 17.7. The van der Waals surface area contributed by atoms with Crippen LogP contribution in [0.1, 0.15) is 17.0 Å². The Morgan fingerprint density at radius 3 is 2.70 bits per heavy atom. The predicted octanol–water partition coefficient (Wildman–Crippen LogP) is 3.60. The number of aromatic nitrogens is 5. The number of H-pyrrole nitrogens is 1. The molecule has 0 aliphatic carbocycles. The number of aromatic amines is 1. The predicted molar refractivity (Wildman–Crippen MR) is 124 cm³/mol. The van der Waals surface area contributed by atoms with Crippen LogP contribution < -0.4 is 5.32 Å². The lowest BCUT2D eigenvalue weighted by molar-refractivity contribution is -0.131. The third kappa shape index (κ3) is 3.62. The molecule has 8 heteroatoms. The second-order valence-electron chi connectivity index (χ2n) is 7.65. The highest BCUT2D eigenvalue weighted by Crippen LogP contribution is 2.32. The van der Waals surface area contributed by atoms with Crippen molar-refractivity contribution in [2.75, 3.05) is 5.32 Å². The van der Waals surface area contributed by atoms with Crippen molar-refractivity contribution in [3.05, 3.63) is 103 Å². The summed E-state index contributed by atoms with van der Waals surface area (Å²) in [7, 11) is 0. The van der Waals surface area contributed by atoms with Gasteiger partial charge in [0, 0.05) is 40.7 Å². The molecule has 3 aromatic heterocycles. The first-order chi connectivity index (χ1) is 16.1. The SMILES string of the molecule is Cc1ccccc1C(O)(C(=O)Nc1cncc(-c2cnnc3ccccc23)c1)c1ncc[nH]1. The van der Waals surface area contributed by atoms with Crippen LogP contribution >= 0.6 is 0 Å². The monoisotopic (exact) mass is 436 g/mol. The highest BCUT2D eigenvalue weighted by atomic mass is 16.3. The first kappa shape index (κ1) is 20.5. The second-order valence-corrected chi connectivity index (χ2v) is 7.65. The van der Waals surface area contributed by atoms with Gasteiger partial charge in [-0.1, -0.05) is 42.5 Å². The van der Waals surface area contributed by atoms with Crippen molar-refractivity contribution < 1.29 is 9.90 Å². The minimum absolute atomic E-state index is 0.128. The molecule has 1 unspecified atom stereocenters. The third-order valence-electron chi connectivity index (χ3n) is 5.56. The number of imidazole rings is 1. The lowest BCUT2D eigenvalue weighted by atomic mass is 9.88. The summed E-state index contributed by atoms with van der Waals surface area (Å²) in [5.74, 6) is -0.522. The molecule has 0 saturated heterocycles. The Balaban J connectivity index is 1.54. The summed E-state index contributed by atoms with van der Waals surface area (Å²) in [4.78, 5) is 24.8. The van der Waals surface area contributed by atoms with Crippen molar-refractivity contribution in [2.45, 2.75) is 12.5 Å². The molecule has 8 nitrogen and oxygen atoms in total. The van der Waals surface area contributed by atoms with Gasteiger partial charge in [0.15, 0.2) is 5.82 Å². The van der Waals surface area contributed by atoms with Crippen LogP contribution in [0.15, 0.2) is 85.6 Å². The fraction of sp³-hybridized carbons (Fsp3) is 0.0800. The van der Waals surface area contributed by atoms with E-state index in [0.29, 0.717) is 11.3 Å². The fourth-order valence-electron chi connectivity index (χ4n) is 3.91. The molecular weight excluding hydrogens is 416 g/mol. The summed E-state index contributed by atoms with van der Waals surface area (Å²) in [6, 6.07) is 16.6. The van der Waals surface area contributed by atoms with E-state index in [2.05, 4.69) is 30.5 Å². The molecule has 1 atom stereocenters. The number of rotatable bonds is 5. The summed E-state index contributed by atoms with van der Waals surface area (Å²) < 4.78 is 0. The Hall–Kier alpha value is -4.43. The van der Waals surface area contributed by atoms with Crippen LogP contribution in [0, 0.1) is 6.92 Å². The van der Waals surface area contributed by atoms with Crippen LogP contribution in [-0.2, 0) is 10.4 Å². The lowest BCUT2D eigenvalue weighted by Gasteiger charge is -2.27. The Morgan fingerprint density at radius 2 is 1.88 bits per heavy atom. The molecular formula is C25H20N6O2. The highest BCUT2D eigenvalue weighted by Gasteiger charge is 2.43. The van der Waals surface area contributed by atoms with E-state index >= 15 is 0 Å². The van der Waals surface area contributed by atoms with Gasteiger partial charge < -0.3 is 15.4 Å². The molecule has 0 radical (unpaired) electrons. The van der Waals surface area contributed by atoms with E-state index in [1.54, 1.807) is 36.8 Å². The average Bonchev–Trinajstić information content (AvgIpc) is 3.39. The zero-order valence-electron chi connectivity index (χ0n) is 17.7. The van der Waals surface area contributed by atoms with Crippen LogP contribution in [0.25, 0.3) is 22.0 Å². The van der Waals surface area contributed by atoms with Crippen molar-refractivity contribution in [3.8, 4) is 11.1 Å².